The Bertz CT molecular complexity index is 414. The van der Waals surface area contributed by atoms with E-state index in [0.717, 1.165) is 5.82 Å². The van der Waals surface area contributed by atoms with Crippen LogP contribution < -0.4 is 10.6 Å². The predicted molar refractivity (Wildman–Crippen MR) is 74.3 cm³/mol. The Balaban J connectivity index is 2.80. The van der Waals surface area contributed by atoms with Crippen LogP contribution in [0.15, 0.2) is 6.07 Å². The van der Waals surface area contributed by atoms with E-state index in [9.17, 15) is 4.21 Å². The van der Waals surface area contributed by atoms with Crippen LogP contribution in [0.5, 0.6) is 0 Å². The molecule has 6 nitrogen and oxygen atoms in total. The van der Waals surface area contributed by atoms with Crippen molar-refractivity contribution >= 4 is 22.4 Å². The number of aromatic nitrogens is 2. The van der Waals surface area contributed by atoms with Gasteiger partial charge in [-0.1, -0.05) is 0 Å². The van der Waals surface area contributed by atoms with Gasteiger partial charge in [0.15, 0.2) is 5.82 Å². The Morgan fingerprint density at radius 1 is 1.44 bits per heavy atom. The molecule has 0 saturated heterocycles. The van der Waals surface area contributed by atoms with Crippen LogP contribution in [0.1, 0.15) is 12.7 Å². The second kappa shape index (κ2) is 7.27. The summed E-state index contributed by atoms with van der Waals surface area (Å²) in [6, 6.07) is 1.90. The van der Waals surface area contributed by atoms with Crippen molar-refractivity contribution < 1.29 is 8.95 Å². The highest BCUT2D eigenvalue weighted by atomic mass is 32.2. The number of hydrogen-bond donors (Lipinski definition) is 2. The standard InChI is InChI=1S/C11H20N4O2S/c1-8(7-18(4)16)13-10-5-9(12-2)14-11(15-10)6-17-3/h5,8H,6-7H2,1-4H3,(H2,12,13,14,15). The Morgan fingerprint density at radius 3 is 2.67 bits per heavy atom. The lowest BCUT2D eigenvalue weighted by Gasteiger charge is -2.14. The minimum Gasteiger partial charge on any atom is -0.377 e. The highest BCUT2D eigenvalue weighted by molar-refractivity contribution is 7.84. The molecule has 0 aromatic carbocycles. The Kier molecular flexibility index (Phi) is 6.00. The van der Waals surface area contributed by atoms with E-state index < -0.39 is 10.8 Å². The smallest absolute Gasteiger partial charge is 0.158 e. The van der Waals surface area contributed by atoms with Crippen LogP contribution >= 0.6 is 0 Å². The van der Waals surface area contributed by atoms with Crippen LogP contribution in [0.2, 0.25) is 0 Å². The number of anilines is 2. The fourth-order valence-electron chi connectivity index (χ4n) is 1.54. The maximum absolute atomic E-state index is 11.1. The van der Waals surface area contributed by atoms with Gasteiger partial charge in [0.05, 0.1) is 0 Å². The minimum absolute atomic E-state index is 0.0887. The van der Waals surface area contributed by atoms with Gasteiger partial charge in [0.1, 0.15) is 18.2 Å². The number of ether oxygens (including phenoxy) is 1. The number of hydrogen-bond acceptors (Lipinski definition) is 6. The van der Waals surface area contributed by atoms with Gasteiger partial charge in [-0.2, -0.15) is 0 Å². The van der Waals surface area contributed by atoms with Crippen molar-refractivity contribution in [2.24, 2.45) is 0 Å². The quantitative estimate of drug-likeness (QED) is 0.766. The van der Waals surface area contributed by atoms with E-state index in [0.29, 0.717) is 24.0 Å². The van der Waals surface area contributed by atoms with Crippen LogP contribution in [-0.2, 0) is 22.1 Å². The highest BCUT2D eigenvalue weighted by Gasteiger charge is 2.08. The maximum Gasteiger partial charge on any atom is 0.158 e. The number of rotatable bonds is 7. The van der Waals surface area contributed by atoms with E-state index in [1.807, 2.05) is 13.0 Å². The second-order valence-corrected chi connectivity index (χ2v) is 5.50. The lowest BCUT2D eigenvalue weighted by Crippen LogP contribution is -2.23. The first-order valence-corrected chi connectivity index (χ1v) is 7.39. The molecule has 7 heteroatoms. The van der Waals surface area contributed by atoms with Gasteiger partial charge in [-0.3, -0.25) is 4.21 Å². The number of nitrogens with zero attached hydrogens (tertiary/aromatic N) is 2. The molecule has 2 atom stereocenters. The molecular formula is C11H20N4O2S. The molecule has 0 radical (unpaired) electrons. The Morgan fingerprint density at radius 2 is 2.11 bits per heavy atom. The van der Waals surface area contributed by atoms with Gasteiger partial charge in [-0.05, 0) is 6.92 Å². The first-order chi connectivity index (χ1) is 8.55. The van der Waals surface area contributed by atoms with Crippen LogP contribution in [0.25, 0.3) is 0 Å². The maximum atomic E-state index is 11.1. The number of methoxy groups -OCH3 is 1. The third kappa shape index (κ3) is 4.97. The van der Waals surface area contributed by atoms with Gasteiger partial charge in [0.2, 0.25) is 0 Å². The molecule has 1 aromatic rings. The summed E-state index contributed by atoms with van der Waals surface area (Å²) in [6.45, 7) is 2.33. The van der Waals surface area contributed by atoms with Crippen molar-refractivity contribution in [3.8, 4) is 0 Å². The fraction of sp³-hybridized carbons (Fsp3) is 0.636. The van der Waals surface area contributed by atoms with Crippen molar-refractivity contribution in [1.29, 1.82) is 0 Å². The zero-order valence-electron chi connectivity index (χ0n) is 11.2. The molecule has 0 bridgehead atoms. The summed E-state index contributed by atoms with van der Waals surface area (Å²) in [7, 11) is 2.57. The molecule has 0 aliphatic rings. The zero-order valence-corrected chi connectivity index (χ0v) is 12.0. The average Bonchev–Trinajstić information content (AvgIpc) is 2.27. The first-order valence-electron chi connectivity index (χ1n) is 5.66. The Labute approximate surface area is 110 Å². The summed E-state index contributed by atoms with van der Waals surface area (Å²) in [5.74, 6) is 2.62. The summed E-state index contributed by atoms with van der Waals surface area (Å²) in [5.41, 5.74) is 0. The second-order valence-electron chi connectivity index (χ2n) is 4.02. The van der Waals surface area contributed by atoms with E-state index in [-0.39, 0.29) is 6.04 Å². The summed E-state index contributed by atoms with van der Waals surface area (Å²) in [4.78, 5) is 8.59. The van der Waals surface area contributed by atoms with Crippen molar-refractivity contribution in [2.75, 3.05) is 36.8 Å². The molecule has 1 rings (SSSR count). The predicted octanol–water partition coefficient (Wildman–Crippen LogP) is 0.844. The average molecular weight is 272 g/mol. The molecule has 18 heavy (non-hydrogen) atoms. The molecule has 0 amide bonds. The summed E-state index contributed by atoms with van der Waals surface area (Å²) in [5, 5.41) is 6.18. The SMILES string of the molecule is CNc1cc(NC(C)CS(C)=O)nc(COC)n1. The van der Waals surface area contributed by atoms with Gasteiger partial charge in [-0.15, -0.1) is 0 Å². The molecule has 0 spiro atoms. The molecule has 0 saturated carbocycles. The van der Waals surface area contributed by atoms with Crippen LogP contribution in [0.3, 0.4) is 0 Å². The molecular weight excluding hydrogens is 252 g/mol. The van der Waals surface area contributed by atoms with Gasteiger partial charge in [0, 0.05) is 49.1 Å². The Hall–Kier alpha value is -1.21. The van der Waals surface area contributed by atoms with E-state index in [1.165, 1.54) is 0 Å². The molecule has 2 unspecified atom stereocenters. The summed E-state index contributed by atoms with van der Waals surface area (Å²) in [6.07, 6.45) is 1.69. The van der Waals surface area contributed by atoms with E-state index in [4.69, 9.17) is 4.74 Å². The largest absolute Gasteiger partial charge is 0.377 e. The molecule has 1 aromatic heterocycles. The molecule has 1 heterocycles. The molecule has 0 fully saturated rings. The van der Waals surface area contributed by atoms with E-state index in [1.54, 1.807) is 20.4 Å². The third-order valence-electron chi connectivity index (χ3n) is 2.18. The molecule has 0 aliphatic heterocycles. The van der Waals surface area contributed by atoms with Crippen LogP contribution in [0, 0.1) is 0 Å². The summed E-state index contributed by atoms with van der Waals surface area (Å²) < 4.78 is 16.2. The van der Waals surface area contributed by atoms with Crippen molar-refractivity contribution in [3.63, 3.8) is 0 Å². The minimum atomic E-state index is -0.831. The molecule has 0 aliphatic carbocycles. The van der Waals surface area contributed by atoms with Crippen LogP contribution in [0.4, 0.5) is 11.6 Å². The lowest BCUT2D eigenvalue weighted by molar-refractivity contribution is 0.178. The lowest BCUT2D eigenvalue weighted by atomic mass is 10.4. The van der Waals surface area contributed by atoms with Crippen molar-refractivity contribution in [1.82, 2.24) is 9.97 Å². The van der Waals surface area contributed by atoms with Crippen LogP contribution in [-0.4, -0.2) is 46.4 Å². The van der Waals surface area contributed by atoms with Crippen molar-refractivity contribution in [3.05, 3.63) is 11.9 Å². The third-order valence-corrected chi connectivity index (χ3v) is 3.15. The van der Waals surface area contributed by atoms with E-state index in [2.05, 4.69) is 20.6 Å². The van der Waals surface area contributed by atoms with Crippen molar-refractivity contribution in [2.45, 2.75) is 19.6 Å². The van der Waals surface area contributed by atoms with Gasteiger partial charge in [-0.25, -0.2) is 9.97 Å². The van der Waals surface area contributed by atoms with Gasteiger partial charge >= 0.3 is 0 Å². The fourth-order valence-corrected chi connectivity index (χ4v) is 2.33. The first kappa shape index (κ1) is 14.8. The highest BCUT2D eigenvalue weighted by Crippen LogP contribution is 2.12. The van der Waals surface area contributed by atoms with E-state index >= 15 is 0 Å². The molecule has 2 N–H and O–H groups in total. The zero-order chi connectivity index (χ0) is 13.5. The molecule has 102 valence electrons. The summed E-state index contributed by atoms with van der Waals surface area (Å²) >= 11 is 0. The number of nitrogens with one attached hydrogen (secondary N) is 2. The topological polar surface area (TPSA) is 76.1 Å². The normalized spacial score (nSPS) is 14.0. The monoisotopic (exact) mass is 272 g/mol. The van der Waals surface area contributed by atoms with Gasteiger partial charge < -0.3 is 15.4 Å². The van der Waals surface area contributed by atoms with Gasteiger partial charge in [0.25, 0.3) is 0 Å².